The van der Waals surface area contributed by atoms with Gasteiger partial charge in [-0.05, 0) is 85.2 Å². The van der Waals surface area contributed by atoms with Crippen molar-refractivity contribution in [2.75, 3.05) is 26.2 Å². The number of carbonyl (C=O) groups is 4. The van der Waals surface area contributed by atoms with Crippen molar-refractivity contribution in [3.05, 3.63) is 54.1 Å². The van der Waals surface area contributed by atoms with Gasteiger partial charge in [0.05, 0.1) is 23.5 Å². The van der Waals surface area contributed by atoms with E-state index in [0.717, 1.165) is 0 Å². The van der Waals surface area contributed by atoms with E-state index in [4.69, 9.17) is 14.2 Å². The molecule has 11 nitrogen and oxygen atoms in total. The Balaban J connectivity index is 0.00000968. The molecule has 2 aromatic rings. The molecule has 0 aliphatic rings. The lowest BCUT2D eigenvalue weighted by Crippen LogP contribution is -2.51. The van der Waals surface area contributed by atoms with Gasteiger partial charge < -0.3 is 35.3 Å². The van der Waals surface area contributed by atoms with Crippen molar-refractivity contribution >= 4 is 40.7 Å². The quantitative estimate of drug-likeness (QED) is 0.183. The molecule has 12 heteroatoms. The second kappa shape index (κ2) is 16.6. The van der Waals surface area contributed by atoms with Crippen molar-refractivity contribution in [2.24, 2.45) is 10.8 Å². The molecule has 0 spiro atoms. The first-order valence-corrected chi connectivity index (χ1v) is 14.1. The van der Waals surface area contributed by atoms with Crippen LogP contribution >= 0.6 is 17.0 Å². The molecular formula is C32H46BrN3O8. The third-order valence-electron chi connectivity index (χ3n) is 6.04. The number of aliphatic hydroxyl groups is 1. The summed E-state index contributed by atoms with van der Waals surface area (Å²) in [6.45, 7) is 13.8. The molecule has 0 aliphatic heterocycles. The second-order valence-electron chi connectivity index (χ2n) is 12.9. The van der Waals surface area contributed by atoms with Gasteiger partial charge in [0.2, 0.25) is 5.91 Å². The maximum atomic E-state index is 12.6. The molecule has 1 unspecified atom stereocenters. The number of amides is 2. The van der Waals surface area contributed by atoms with Crippen LogP contribution in [0.2, 0.25) is 0 Å². The Morgan fingerprint density at radius 2 is 1.34 bits per heavy atom. The van der Waals surface area contributed by atoms with Crippen LogP contribution < -0.4 is 30.2 Å². The first kappa shape index (κ1) is 38.5. The van der Waals surface area contributed by atoms with E-state index < -0.39 is 40.3 Å². The van der Waals surface area contributed by atoms with Gasteiger partial charge in [-0.1, -0.05) is 24.3 Å². The highest BCUT2D eigenvalue weighted by molar-refractivity contribution is 8.93. The van der Waals surface area contributed by atoms with Crippen LogP contribution in [0.3, 0.4) is 0 Å². The molecular weight excluding hydrogens is 634 g/mol. The SMILES string of the molecule is Br.CC(C)(CNC(=O)CNC(=O)COc1ccccc1)NCC(O)c1ccc(OC(=O)C(C)(C)C)c(OC(=O)C(C)(C)C)c1. The van der Waals surface area contributed by atoms with Crippen molar-refractivity contribution in [1.82, 2.24) is 16.0 Å². The van der Waals surface area contributed by atoms with E-state index in [-0.39, 0.29) is 60.6 Å². The fourth-order valence-electron chi connectivity index (χ4n) is 3.23. The molecule has 4 N–H and O–H groups in total. The van der Waals surface area contributed by atoms with Crippen molar-refractivity contribution < 1.29 is 38.5 Å². The number of aliphatic hydroxyl groups excluding tert-OH is 1. The summed E-state index contributed by atoms with van der Waals surface area (Å²) < 4.78 is 16.4. The van der Waals surface area contributed by atoms with E-state index >= 15 is 0 Å². The number of hydrogen-bond donors (Lipinski definition) is 4. The zero-order valence-electron chi connectivity index (χ0n) is 26.7. The molecule has 0 radical (unpaired) electrons. The van der Waals surface area contributed by atoms with Gasteiger partial charge in [0.1, 0.15) is 5.75 Å². The standard InChI is InChI=1S/C32H45N3O8.BrH/c1-30(2,3)28(39)42-24-15-14-21(16-25(24)43-29(40)31(4,5)6)23(36)17-35-32(7,8)20-34-26(37)18-33-27(38)19-41-22-12-10-9-11-13-22;/h9-16,23,35-36H,17-20H2,1-8H3,(H,33,38)(H,34,37);1H. The van der Waals surface area contributed by atoms with Crippen LogP contribution in [0.15, 0.2) is 48.5 Å². The molecule has 244 valence electrons. The average molecular weight is 681 g/mol. The second-order valence-corrected chi connectivity index (χ2v) is 12.9. The maximum absolute atomic E-state index is 12.6. The molecule has 0 heterocycles. The number of ether oxygens (including phenoxy) is 3. The van der Waals surface area contributed by atoms with Crippen molar-refractivity contribution in [3.8, 4) is 17.2 Å². The van der Waals surface area contributed by atoms with Crippen LogP contribution in [0, 0.1) is 10.8 Å². The van der Waals surface area contributed by atoms with Gasteiger partial charge in [-0.2, -0.15) is 0 Å². The minimum atomic E-state index is -1.02. The molecule has 0 bridgehead atoms. The number of benzene rings is 2. The number of nitrogens with one attached hydrogen (secondary N) is 3. The molecule has 0 fully saturated rings. The first-order valence-electron chi connectivity index (χ1n) is 14.1. The summed E-state index contributed by atoms with van der Waals surface area (Å²) in [5, 5.41) is 19.4. The fourth-order valence-corrected chi connectivity index (χ4v) is 3.23. The monoisotopic (exact) mass is 679 g/mol. The lowest BCUT2D eigenvalue weighted by Gasteiger charge is -2.28. The summed E-state index contributed by atoms with van der Waals surface area (Å²) in [6.07, 6.45) is -1.02. The Hall–Kier alpha value is -3.48. The molecule has 1 atom stereocenters. The van der Waals surface area contributed by atoms with Gasteiger partial charge in [0, 0.05) is 18.6 Å². The summed E-state index contributed by atoms with van der Waals surface area (Å²) in [7, 11) is 0. The molecule has 2 rings (SSSR count). The van der Waals surface area contributed by atoms with Gasteiger partial charge in [0.15, 0.2) is 18.1 Å². The first-order chi connectivity index (χ1) is 19.9. The molecule has 2 amide bonds. The van der Waals surface area contributed by atoms with Crippen molar-refractivity contribution in [3.63, 3.8) is 0 Å². The molecule has 44 heavy (non-hydrogen) atoms. The number of β-amino-alcohol motifs (C(OH)–C–C–N with tert-alkyl or cyclic N) is 1. The lowest BCUT2D eigenvalue weighted by atomic mass is 9.97. The Morgan fingerprint density at radius 1 is 0.773 bits per heavy atom. The molecule has 0 aliphatic carbocycles. The highest BCUT2D eigenvalue weighted by atomic mass is 79.9. The summed E-state index contributed by atoms with van der Waals surface area (Å²) in [5.41, 5.74) is -1.79. The van der Waals surface area contributed by atoms with Gasteiger partial charge in [-0.3, -0.25) is 19.2 Å². The number of carbonyl (C=O) groups excluding carboxylic acids is 4. The van der Waals surface area contributed by atoms with E-state index in [2.05, 4.69) is 16.0 Å². The number of hydrogen-bond acceptors (Lipinski definition) is 9. The Kier molecular flexibility index (Phi) is 14.5. The number of halogens is 1. The van der Waals surface area contributed by atoms with E-state index in [9.17, 15) is 24.3 Å². The van der Waals surface area contributed by atoms with Crippen LogP contribution in [0.1, 0.15) is 67.1 Å². The van der Waals surface area contributed by atoms with Crippen molar-refractivity contribution in [1.29, 1.82) is 0 Å². The van der Waals surface area contributed by atoms with Crippen LogP contribution in [0.5, 0.6) is 17.2 Å². The lowest BCUT2D eigenvalue weighted by molar-refractivity contribution is -0.145. The van der Waals surface area contributed by atoms with E-state index in [1.807, 2.05) is 19.9 Å². The minimum absolute atomic E-state index is 0. The van der Waals surface area contributed by atoms with Gasteiger partial charge >= 0.3 is 11.9 Å². The Labute approximate surface area is 270 Å². The predicted molar refractivity (Wildman–Crippen MR) is 172 cm³/mol. The van der Waals surface area contributed by atoms with Crippen molar-refractivity contribution in [2.45, 2.75) is 67.0 Å². The number of rotatable bonds is 13. The summed E-state index contributed by atoms with van der Waals surface area (Å²) in [6, 6.07) is 13.4. The minimum Gasteiger partial charge on any atom is -0.484 e. The predicted octanol–water partition coefficient (Wildman–Crippen LogP) is 3.88. The summed E-state index contributed by atoms with van der Waals surface area (Å²) in [4.78, 5) is 49.3. The zero-order chi connectivity index (χ0) is 32.4. The third-order valence-corrected chi connectivity index (χ3v) is 6.04. The molecule has 0 saturated carbocycles. The van der Waals surface area contributed by atoms with E-state index in [1.165, 1.54) is 12.1 Å². The average Bonchev–Trinajstić information content (AvgIpc) is 2.93. The van der Waals surface area contributed by atoms with Crippen LogP contribution in [0.25, 0.3) is 0 Å². The smallest absolute Gasteiger partial charge is 0.316 e. The Bertz CT molecular complexity index is 1270. The molecule has 0 saturated heterocycles. The number of esters is 2. The fraction of sp³-hybridized carbons (Fsp3) is 0.500. The van der Waals surface area contributed by atoms with E-state index in [1.54, 1.807) is 71.9 Å². The highest BCUT2D eigenvalue weighted by Crippen LogP contribution is 2.34. The molecule has 0 aromatic heterocycles. The normalized spacial score (nSPS) is 12.3. The van der Waals surface area contributed by atoms with Gasteiger partial charge in [-0.15, -0.1) is 17.0 Å². The summed E-state index contributed by atoms with van der Waals surface area (Å²) >= 11 is 0. The Morgan fingerprint density at radius 3 is 1.91 bits per heavy atom. The zero-order valence-corrected chi connectivity index (χ0v) is 28.5. The van der Waals surface area contributed by atoms with E-state index in [0.29, 0.717) is 11.3 Å². The highest BCUT2D eigenvalue weighted by Gasteiger charge is 2.29. The van der Waals surface area contributed by atoms with Gasteiger partial charge in [-0.25, -0.2) is 0 Å². The van der Waals surface area contributed by atoms with Crippen LogP contribution in [-0.4, -0.2) is 60.6 Å². The topological polar surface area (TPSA) is 152 Å². The number of para-hydroxylation sites is 1. The molecule has 2 aromatic carbocycles. The van der Waals surface area contributed by atoms with Crippen LogP contribution in [-0.2, 0) is 19.2 Å². The summed E-state index contributed by atoms with van der Waals surface area (Å²) in [5.74, 6) is -1.18. The van der Waals surface area contributed by atoms with Gasteiger partial charge in [0.25, 0.3) is 5.91 Å². The van der Waals surface area contributed by atoms with Crippen LogP contribution in [0.4, 0.5) is 0 Å². The largest absolute Gasteiger partial charge is 0.484 e. The third kappa shape index (κ3) is 13.4. The maximum Gasteiger partial charge on any atom is 0.316 e.